The van der Waals surface area contributed by atoms with E-state index in [-0.39, 0.29) is 0 Å². The van der Waals surface area contributed by atoms with Gasteiger partial charge in [-0.2, -0.15) is 0 Å². The Balaban J connectivity index is 2.32. The zero-order valence-corrected chi connectivity index (χ0v) is 9.34. The molecule has 0 aromatic carbocycles. The Bertz CT molecular complexity index is 299. The highest BCUT2D eigenvalue weighted by Crippen LogP contribution is 2.13. The van der Waals surface area contributed by atoms with Gasteiger partial charge in [-0.05, 0) is 39.5 Å². The highest BCUT2D eigenvalue weighted by Gasteiger charge is 2.02. The van der Waals surface area contributed by atoms with Crippen LogP contribution in [0.5, 0.6) is 0 Å². The molecule has 1 heterocycles. The Morgan fingerprint density at radius 1 is 1.57 bits per heavy atom. The Hall–Kier alpha value is -1.05. The van der Waals surface area contributed by atoms with Crippen LogP contribution in [0.4, 0.5) is 0 Å². The molecular formula is C12H19NO. The Labute approximate surface area is 86.0 Å². The minimum atomic E-state index is 0.962. The average Bonchev–Trinajstić information content (AvgIpc) is 2.59. The van der Waals surface area contributed by atoms with Crippen LogP contribution in [0, 0.1) is 6.92 Å². The number of hydrogen-bond acceptors (Lipinski definition) is 2. The predicted molar refractivity (Wildman–Crippen MR) is 58.2 cm³/mol. The summed E-state index contributed by atoms with van der Waals surface area (Å²) < 4.78 is 5.15. The minimum absolute atomic E-state index is 0.962. The van der Waals surface area contributed by atoms with E-state index in [1.807, 2.05) is 6.92 Å². The minimum Gasteiger partial charge on any atom is -0.449 e. The second-order valence-corrected chi connectivity index (χ2v) is 3.51. The lowest BCUT2D eigenvalue weighted by Crippen LogP contribution is -1.90. The quantitative estimate of drug-likeness (QED) is 0.667. The third kappa shape index (κ3) is 3.02. The largest absolute Gasteiger partial charge is 0.449 e. The molecule has 1 aromatic rings. The van der Waals surface area contributed by atoms with Crippen molar-refractivity contribution < 1.29 is 4.42 Å². The van der Waals surface area contributed by atoms with Crippen LogP contribution in [-0.2, 0) is 6.42 Å². The Morgan fingerprint density at radius 3 is 2.86 bits per heavy atom. The predicted octanol–water partition coefficient (Wildman–Crippen LogP) is 3.66. The smallest absolute Gasteiger partial charge is 0.181 e. The second kappa shape index (κ2) is 5.63. The maximum atomic E-state index is 5.15. The van der Waals surface area contributed by atoms with Crippen LogP contribution in [0.15, 0.2) is 22.5 Å². The normalized spacial score (nSPS) is 12.1. The summed E-state index contributed by atoms with van der Waals surface area (Å²) in [6, 6.07) is 0. The third-order valence-electron chi connectivity index (χ3n) is 2.62. The van der Waals surface area contributed by atoms with Crippen molar-refractivity contribution >= 4 is 0 Å². The van der Waals surface area contributed by atoms with Gasteiger partial charge < -0.3 is 4.42 Å². The maximum absolute atomic E-state index is 5.15. The summed E-state index contributed by atoms with van der Waals surface area (Å²) in [5.74, 6) is 0.962. The monoisotopic (exact) mass is 193 g/mol. The average molecular weight is 193 g/mol. The van der Waals surface area contributed by atoms with Crippen LogP contribution >= 0.6 is 0 Å². The van der Waals surface area contributed by atoms with Crippen LogP contribution < -0.4 is 0 Å². The number of allylic oxidation sites excluding steroid dienone is 2. The van der Waals surface area contributed by atoms with Gasteiger partial charge in [0.15, 0.2) is 6.39 Å². The van der Waals surface area contributed by atoms with Crippen molar-refractivity contribution in [2.45, 2.75) is 46.5 Å². The number of oxazole rings is 1. The molecule has 1 rings (SSSR count). The number of aryl methyl sites for hydroxylation is 2. The lowest BCUT2D eigenvalue weighted by Gasteiger charge is -2.02. The van der Waals surface area contributed by atoms with Gasteiger partial charge in [0.2, 0.25) is 0 Å². The molecule has 1 aromatic heterocycles. The lowest BCUT2D eigenvalue weighted by atomic mass is 10.0. The van der Waals surface area contributed by atoms with Crippen LogP contribution in [0.3, 0.4) is 0 Å². The van der Waals surface area contributed by atoms with Crippen molar-refractivity contribution in [3.8, 4) is 0 Å². The number of aromatic nitrogens is 1. The fourth-order valence-corrected chi connectivity index (χ4v) is 1.58. The number of nitrogens with zero attached hydrogens (tertiary/aromatic N) is 1. The fraction of sp³-hybridized carbons (Fsp3) is 0.583. The first-order chi connectivity index (χ1) is 6.77. The van der Waals surface area contributed by atoms with Crippen molar-refractivity contribution in [2.75, 3.05) is 0 Å². The summed E-state index contributed by atoms with van der Waals surface area (Å²) in [5.41, 5.74) is 2.64. The molecule has 0 radical (unpaired) electrons. The van der Waals surface area contributed by atoms with E-state index < -0.39 is 0 Å². The summed E-state index contributed by atoms with van der Waals surface area (Å²) in [7, 11) is 0. The molecule has 0 N–H and O–H groups in total. The molecule has 0 saturated heterocycles. The summed E-state index contributed by atoms with van der Waals surface area (Å²) in [6.45, 7) is 6.29. The van der Waals surface area contributed by atoms with E-state index in [2.05, 4.69) is 24.9 Å². The molecule has 0 fully saturated rings. The van der Waals surface area contributed by atoms with Gasteiger partial charge >= 0.3 is 0 Å². The van der Waals surface area contributed by atoms with Gasteiger partial charge in [-0.1, -0.05) is 18.6 Å². The van der Waals surface area contributed by atoms with Gasteiger partial charge in [0, 0.05) is 0 Å². The topological polar surface area (TPSA) is 26.0 Å². The molecule has 0 amide bonds. The van der Waals surface area contributed by atoms with Crippen LogP contribution in [0.1, 0.15) is 44.6 Å². The third-order valence-corrected chi connectivity index (χ3v) is 2.62. The van der Waals surface area contributed by atoms with Crippen molar-refractivity contribution in [3.63, 3.8) is 0 Å². The molecule has 0 bridgehead atoms. The molecule has 0 atom stereocenters. The molecule has 0 spiro atoms. The molecule has 2 nitrogen and oxygen atoms in total. The molecule has 14 heavy (non-hydrogen) atoms. The molecular weight excluding hydrogens is 174 g/mol. The van der Waals surface area contributed by atoms with Crippen molar-refractivity contribution in [3.05, 3.63) is 29.5 Å². The van der Waals surface area contributed by atoms with E-state index >= 15 is 0 Å². The van der Waals surface area contributed by atoms with E-state index in [0.29, 0.717) is 0 Å². The summed E-state index contributed by atoms with van der Waals surface area (Å²) in [4.78, 5) is 4.18. The highest BCUT2D eigenvalue weighted by atomic mass is 16.3. The molecule has 0 aliphatic rings. The van der Waals surface area contributed by atoms with Gasteiger partial charge in [0.1, 0.15) is 5.76 Å². The van der Waals surface area contributed by atoms with Gasteiger partial charge in [0.25, 0.3) is 0 Å². The van der Waals surface area contributed by atoms with Crippen molar-refractivity contribution in [2.24, 2.45) is 0 Å². The van der Waals surface area contributed by atoms with Gasteiger partial charge in [-0.3, -0.25) is 0 Å². The molecule has 78 valence electrons. The van der Waals surface area contributed by atoms with Gasteiger partial charge in [0.05, 0.1) is 5.69 Å². The molecule has 0 aliphatic carbocycles. The zero-order chi connectivity index (χ0) is 10.4. The highest BCUT2D eigenvalue weighted by molar-refractivity contribution is 5.06. The van der Waals surface area contributed by atoms with E-state index in [0.717, 1.165) is 24.3 Å². The SMILES string of the molecule is C/C=C(/CC)CCCc1ncoc1C. The second-order valence-electron chi connectivity index (χ2n) is 3.51. The molecule has 2 heteroatoms. The number of hydrogen-bond donors (Lipinski definition) is 0. The fourth-order valence-electron chi connectivity index (χ4n) is 1.58. The first-order valence-corrected chi connectivity index (χ1v) is 5.31. The molecule has 0 unspecified atom stereocenters. The Morgan fingerprint density at radius 2 is 2.36 bits per heavy atom. The van der Waals surface area contributed by atoms with E-state index in [4.69, 9.17) is 4.42 Å². The van der Waals surface area contributed by atoms with E-state index in [1.165, 1.54) is 24.8 Å². The maximum Gasteiger partial charge on any atom is 0.181 e. The zero-order valence-electron chi connectivity index (χ0n) is 9.34. The first kappa shape index (κ1) is 11.0. The van der Waals surface area contributed by atoms with Crippen LogP contribution in [0.2, 0.25) is 0 Å². The summed E-state index contributed by atoms with van der Waals surface area (Å²) in [5, 5.41) is 0. The van der Waals surface area contributed by atoms with Crippen molar-refractivity contribution in [1.29, 1.82) is 0 Å². The van der Waals surface area contributed by atoms with Crippen LogP contribution in [-0.4, -0.2) is 4.98 Å². The first-order valence-electron chi connectivity index (χ1n) is 5.31. The number of rotatable bonds is 5. The lowest BCUT2D eigenvalue weighted by molar-refractivity contribution is 0.523. The molecule has 0 aliphatic heterocycles. The summed E-state index contributed by atoms with van der Waals surface area (Å²) >= 11 is 0. The van der Waals surface area contributed by atoms with Crippen LogP contribution in [0.25, 0.3) is 0 Å². The molecule has 0 saturated carbocycles. The standard InChI is InChI=1S/C12H19NO/c1-4-11(5-2)7-6-8-12-10(3)14-9-13-12/h4,9H,5-8H2,1-3H3/b11-4-. The van der Waals surface area contributed by atoms with E-state index in [1.54, 1.807) is 0 Å². The van der Waals surface area contributed by atoms with Crippen molar-refractivity contribution in [1.82, 2.24) is 4.98 Å². The Kier molecular flexibility index (Phi) is 4.44. The van der Waals surface area contributed by atoms with Gasteiger partial charge in [-0.25, -0.2) is 4.98 Å². The van der Waals surface area contributed by atoms with Gasteiger partial charge in [-0.15, -0.1) is 0 Å². The van der Waals surface area contributed by atoms with E-state index in [9.17, 15) is 0 Å². The summed E-state index contributed by atoms with van der Waals surface area (Å²) in [6.07, 6.45) is 8.28.